The first-order valence-electron chi connectivity index (χ1n) is 9.67. The van der Waals surface area contributed by atoms with Gasteiger partial charge >= 0.3 is 5.69 Å². The van der Waals surface area contributed by atoms with Crippen LogP contribution in [-0.2, 0) is 30.2 Å². The Balaban J connectivity index is 1.48. The molecule has 0 spiro atoms. The Kier molecular flexibility index (Phi) is 5.17. The van der Waals surface area contributed by atoms with E-state index in [-0.39, 0.29) is 29.7 Å². The van der Waals surface area contributed by atoms with Crippen LogP contribution in [0.25, 0.3) is 11.2 Å². The van der Waals surface area contributed by atoms with Crippen molar-refractivity contribution in [1.29, 1.82) is 0 Å². The number of imidazole rings is 1. The lowest BCUT2D eigenvalue weighted by molar-refractivity contribution is -0.116. The average Bonchev–Trinajstić information content (AvgIpc) is 3.38. The summed E-state index contributed by atoms with van der Waals surface area (Å²) in [5.74, 6) is -0.293. The van der Waals surface area contributed by atoms with Gasteiger partial charge in [-0.2, -0.15) is 0 Å². The van der Waals surface area contributed by atoms with Gasteiger partial charge in [0.25, 0.3) is 5.56 Å². The number of nitrogens with one attached hydrogen (secondary N) is 1. The maximum Gasteiger partial charge on any atom is 0.332 e. The fourth-order valence-electron chi connectivity index (χ4n) is 3.78. The van der Waals surface area contributed by atoms with Crippen molar-refractivity contribution in [2.75, 3.05) is 30.4 Å². The molecule has 10 heteroatoms. The number of hydrogen-bond acceptors (Lipinski definition) is 6. The summed E-state index contributed by atoms with van der Waals surface area (Å²) in [6, 6.07) is 7.63. The van der Waals surface area contributed by atoms with Gasteiger partial charge in [0.05, 0.1) is 12.4 Å². The molecule has 1 aliphatic heterocycles. The summed E-state index contributed by atoms with van der Waals surface area (Å²) in [6.45, 7) is 1.70. The highest BCUT2D eigenvalue weighted by Crippen LogP contribution is 2.23. The van der Waals surface area contributed by atoms with E-state index in [1.807, 2.05) is 24.3 Å². The van der Waals surface area contributed by atoms with E-state index in [2.05, 4.69) is 15.2 Å². The Morgan fingerprint density at radius 2 is 1.93 bits per heavy atom. The zero-order valence-corrected chi connectivity index (χ0v) is 17.2. The molecule has 3 aromatic rings. The van der Waals surface area contributed by atoms with Crippen molar-refractivity contribution in [2.45, 2.75) is 19.1 Å². The van der Waals surface area contributed by atoms with Gasteiger partial charge in [-0.25, -0.2) is 9.78 Å². The van der Waals surface area contributed by atoms with E-state index in [1.165, 1.54) is 29.6 Å². The second-order valence-corrected chi connectivity index (χ2v) is 7.44. The fraction of sp³-hybridized carbons (Fsp3) is 0.400. The molecule has 1 aliphatic rings. The van der Waals surface area contributed by atoms with Gasteiger partial charge in [-0.1, -0.05) is 0 Å². The van der Waals surface area contributed by atoms with Crippen LogP contribution < -0.4 is 21.5 Å². The van der Waals surface area contributed by atoms with Gasteiger partial charge in [-0.05, 0) is 30.7 Å². The number of benzene rings is 1. The molecule has 1 saturated heterocycles. The van der Waals surface area contributed by atoms with E-state index >= 15 is 0 Å². The van der Waals surface area contributed by atoms with Crippen LogP contribution in [0.1, 0.15) is 6.42 Å². The zero-order valence-electron chi connectivity index (χ0n) is 17.2. The lowest BCUT2D eigenvalue weighted by atomic mass is 10.2. The number of carbonyl (C=O) groups is 1. The molecule has 1 unspecified atom stereocenters. The second-order valence-electron chi connectivity index (χ2n) is 7.44. The summed E-state index contributed by atoms with van der Waals surface area (Å²) >= 11 is 0. The minimum atomic E-state index is -0.484. The van der Waals surface area contributed by atoms with Gasteiger partial charge in [-0.15, -0.1) is 0 Å². The van der Waals surface area contributed by atoms with E-state index in [0.717, 1.165) is 29.8 Å². The van der Waals surface area contributed by atoms with Crippen LogP contribution in [0.3, 0.4) is 0 Å². The number of amides is 1. The molecule has 0 saturated carbocycles. The van der Waals surface area contributed by atoms with Crippen molar-refractivity contribution in [1.82, 2.24) is 18.7 Å². The van der Waals surface area contributed by atoms with E-state index in [9.17, 15) is 14.4 Å². The van der Waals surface area contributed by atoms with Crippen LogP contribution in [0, 0.1) is 0 Å². The third-order valence-corrected chi connectivity index (χ3v) is 5.53. The molecule has 2 aromatic heterocycles. The molecule has 0 bridgehead atoms. The number of nitrogens with zero attached hydrogens (tertiary/aromatic N) is 5. The summed E-state index contributed by atoms with van der Waals surface area (Å²) in [6.07, 6.45) is 2.65. The van der Waals surface area contributed by atoms with Crippen molar-refractivity contribution in [3.63, 3.8) is 0 Å². The first kappa shape index (κ1) is 19.9. The standard InChI is InChI=1S/C20H24N6O4/c1-23-18-17(19(28)24(2)20(23)29)26(12-21-18)11-16(27)22-13-4-6-14(7-5-13)25-9-8-15(10-25)30-3/h4-7,12,15H,8-11H2,1-3H3,(H,22,27). The Hall–Kier alpha value is -3.40. The average molecular weight is 412 g/mol. The summed E-state index contributed by atoms with van der Waals surface area (Å²) < 4.78 is 9.15. The fourth-order valence-corrected chi connectivity index (χ4v) is 3.78. The van der Waals surface area contributed by atoms with Crippen molar-refractivity contribution in [3.05, 3.63) is 51.4 Å². The van der Waals surface area contributed by atoms with Gasteiger partial charge in [0.1, 0.15) is 6.54 Å². The quantitative estimate of drug-likeness (QED) is 0.647. The molecule has 0 aliphatic carbocycles. The van der Waals surface area contributed by atoms with Crippen LogP contribution in [-0.4, -0.2) is 50.9 Å². The highest BCUT2D eigenvalue weighted by molar-refractivity contribution is 5.91. The Morgan fingerprint density at radius 3 is 2.60 bits per heavy atom. The summed E-state index contributed by atoms with van der Waals surface area (Å²) in [4.78, 5) is 43.4. The SMILES string of the molecule is COC1CCN(c2ccc(NC(=O)Cn3cnc4c3c(=O)n(C)c(=O)n4C)cc2)C1. The molecule has 3 heterocycles. The highest BCUT2D eigenvalue weighted by atomic mass is 16.5. The van der Waals surface area contributed by atoms with E-state index < -0.39 is 11.2 Å². The Bertz CT molecular complexity index is 1210. The van der Waals surface area contributed by atoms with Gasteiger partial charge in [0, 0.05) is 45.7 Å². The molecule has 1 aromatic carbocycles. The molecule has 30 heavy (non-hydrogen) atoms. The van der Waals surface area contributed by atoms with Crippen molar-refractivity contribution in [3.8, 4) is 0 Å². The molecular weight excluding hydrogens is 388 g/mol. The normalized spacial score (nSPS) is 16.4. The zero-order chi connectivity index (χ0) is 21.4. The van der Waals surface area contributed by atoms with Crippen LogP contribution in [0.5, 0.6) is 0 Å². The third kappa shape index (κ3) is 3.50. The topological polar surface area (TPSA) is 103 Å². The second kappa shape index (κ2) is 7.79. The van der Waals surface area contributed by atoms with Crippen molar-refractivity contribution >= 4 is 28.4 Å². The molecule has 1 amide bonds. The monoisotopic (exact) mass is 412 g/mol. The lowest BCUT2D eigenvalue weighted by Gasteiger charge is -2.18. The van der Waals surface area contributed by atoms with E-state index in [0.29, 0.717) is 5.69 Å². The molecule has 4 rings (SSSR count). The predicted molar refractivity (Wildman–Crippen MR) is 113 cm³/mol. The van der Waals surface area contributed by atoms with E-state index in [4.69, 9.17) is 4.74 Å². The number of anilines is 2. The van der Waals surface area contributed by atoms with Gasteiger partial charge < -0.3 is 19.5 Å². The van der Waals surface area contributed by atoms with Crippen LogP contribution >= 0.6 is 0 Å². The number of hydrogen-bond donors (Lipinski definition) is 1. The largest absolute Gasteiger partial charge is 0.380 e. The van der Waals surface area contributed by atoms with Gasteiger partial charge in [-0.3, -0.25) is 18.7 Å². The third-order valence-electron chi connectivity index (χ3n) is 5.53. The van der Waals surface area contributed by atoms with Gasteiger partial charge in [0.15, 0.2) is 11.2 Å². The highest BCUT2D eigenvalue weighted by Gasteiger charge is 2.22. The molecular formula is C20H24N6O4. The summed E-state index contributed by atoms with van der Waals surface area (Å²) in [5, 5.41) is 2.83. The molecule has 0 radical (unpaired) electrons. The lowest BCUT2D eigenvalue weighted by Crippen LogP contribution is -2.37. The Labute approximate surface area is 172 Å². The van der Waals surface area contributed by atoms with Gasteiger partial charge in [0.2, 0.25) is 5.91 Å². The minimum Gasteiger partial charge on any atom is -0.380 e. The summed E-state index contributed by atoms with van der Waals surface area (Å²) in [5.41, 5.74) is 1.26. The first-order chi connectivity index (χ1) is 14.4. The smallest absolute Gasteiger partial charge is 0.332 e. The number of rotatable bonds is 5. The van der Waals surface area contributed by atoms with Crippen LogP contribution in [0.2, 0.25) is 0 Å². The Morgan fingerprint density at radius 1 is 1.20 bits per heavy atom. The van der Waals surface area contributed by atoms with E-state index in [1.54, 1.807) is 7.11 Å². The number of aryl methyl sites for hydroxylation is 1. The predicted octanol–water partition coefficient (Wildman–Crippen LogP) is 0.298. The molecule has 1 atom stereocenters. The molecule has 10 nitrogen and oxygen atoms in total. The van der Waals surface area contributed by atoms with Crippen LogP contribution in [0.15, 0.2) is 40.2 Å². The number of carbonyl (C=O) groups excluding carboxylic acids is 1. The number of aromatic nitrogens is 4. The molecule has 158 valence electrons. The summed E-state index contributed by atoms with van der Waals surface area (Å²) in [7, 11) is 4.67. The van der Waals surface area contributed by atoms with Crippen molar-refractivity contribution < 1.29 is 9.53 Å². The maximum atomic E-state index is 12.5. The number of ether oxygens (including phenoxy) is 1. The van der Waals surface area contributed by atoms with Crippen molar-refractivity contribution in [2.24, 2.45) is 14.1 Å². The first-order valence-corrected chi connectivity index (χ1v) is 9.67. The molecule has 1 N–H and O–H groups in total. The number of methoxy groups -OCH3 is 1. The maximum absolute atomic E-state index is 12.5. The molecule has 1 fully saturated rings. The van der Waals surface area contributed by atoms with Crippen LogP contribution in [0.4, 0.5) is 11.4 Å². The number of fused-ring (bicyclic) bond motifs is 1. The minimum absolute atomic E-state index is 0.0899.